The summed E-state index contributed by atoms with van der Waals surface area (Å²) in [6, 6.07) is 6.16. The molecule has 1 atom stereocenters. The van der Waals surface area contributed by atoms with Gasteiger partial charge in [0.05, 0.1) is 0 Å². The fraction of sp³-hybridized carbons (Fsp3) is 0.733. The highest BCUT2D eigenvalue weighted by molar-refractivity contribution is 7.09. The van der Waals surface area contributed by atoms with E-state index in [0.717, 1.165) is 12.1 Å². The van der Waals surface area contributed by atoms with Crippen molar-refractivity contribution in [2.45, 2.75) is 57.2 Å². The molecule has 2 nitrogen and oxygen atoms in total. The molecule has 0 spiro atoms. The first-order valence-corrected chi connectivity index (χ1v) is 8.29. The number of hydrogen-bond acceptors (Lipinski definition) is 3. The van der Waals surface area contributed by atoms with Gasteiger partial charge in [0, 0.05) is 23.5 Å². The van der Waals surface area contributed by atoms with Crippen molar-refractivity contribution in [3.05, 3.63) is 22.4 Å². The third-order valence-corrected chi connectivity index (χ3v) is 5.02. The minimum absolute atomic E-state index is 0.813. The van der Waals surface area contributed by atoms with E-state index < -0.39 is 0 Å². The summed E-state index contributed by atoms with van der Waals surface area (Å²) >= 11 is 1.90. The van der Waals surface area contributed by atoms with Crippen molar-refractivity contribution < 1.29 is 0 Å². The molecule has 0 radical (unpaired) electrons. The van der Waals surface area contributed by atoms with Crippen LogP contribution in [0.2, 0.25) is 0 Å². The summed E-state index contributed by atoms with van der Waals surface area (Å²) in [5, 5.41) is 5.80. The molecule has 2 fully saturated rings. The third-order valence-electron chi connectivity index (χ3n) is 4.16. The molecule has 3 rings (SSSR count). The SMILES string of the molecule is c1csc(CN(CCCC2CCCN2)C2CC2)c1. The maximum atomic E-state index is 3.60. The maximum Gasteiger partial charge on any atom is 0.0330 e. The molecule has 18 heavy (non-hydrogen) atoms. The molecule has 1 aliphatic heterocycles. The van der Waals surface area contributed by atoms with Crippen LogP contribution >= 0.6 is 11.3 Å². The molecule has 100 valence electrons. The quantitative estimate of drug-likeness (QED) is 0.813. The van der Waals surface area contributed by atoms with Crippen molar-refractivity contribution in [1.82, 2.24) is 10.2 Å². The topological polar surface area (TPSA) is 15.3 Å². The lowest BCUT2D eigenvalue weighted by Gasteiger charge is -2.22. The Kier molecular flexibility index (Phi) is 4.34. The second-order valence-corrected chi connectivity index (χ2v) is 6.75. The van der Waals surface area contributed by atoms with Crippen LogP contribution in [-0.2, 0) is 6.54 Å². The molecule has 1 aromatic heterocycles. The summed E-state index contributed by atoms with van der Waals surface area (Å²) in [7, 11) is 0. The molecule has 1 aromatic rings. The minimum Gasteiger partial charge on any atom is -0.314 e. The Balaban J connectivity index is 1.42. The number of nitrogens with one attached hydrogen (secondary N) is 1. The monoisotopic (exact) mass is 264 g/mol. The number of rotatable bonds is 7. The van der Waals surface area contributed by atoms with E-state index in [0.29, 0.717) is 0 Å². The van der Waals surface area contributed by atoms with Crippen molar-refractivity contribution >= 4 is 11.3 Å². The lowest BCUT2D eigenvalue weighted by molar-refractivity contribution is 0.248. The summed E-state index contributed by atoms with van der Waals surface area (Å²) in [5.41, 5.74) is 0. The van der Waals surface area contributed by atoms with E-state index in [9.17, 15) is 0 Å². The van der Waals surface area contributed by atoms with Gasteiger partial charge in [-0.25, -0.2) is 0 Å². The van der Waals surface area contributed by atoms with Crippen molar-refractivity contribution in [1.29, 1.82) is 0 Å². The van der Waals surface area contributed by atoms with Crippen molar-refractivity contribution in [3.63, 3.8) is 0 Å². The van der Waals surface area contributed by atoms with Gasteiger partial charge in [0.25, 0.3) is 0 Å². The Labute approximate surface area is 114 Å². The van der Waals surface area contributed by atoms with Gasteiger partial charge in [-0.15, -0.1) is 11.3 Å². The van der Waals surface area contributed by atoms with E-state index in [1.165, 1.54) is 63.0 Å². The van der Waals surface area contributed by atoms with Crippen molar-refractivity contribution in [2.24, 2.45) is 0 Å². The van der Waals surface area contributed by atoms with E-state index in [1.54, 1.807) is 0 Å². The van der Waals surface area contributed by atoms with E-state index in [2.05, 4.69) is 27.7 Å². The van der Waals surface area contributed by atoms with Gasteiger partial charge in [-0.1, -0.05) is 6.07 Å². The van der Waals surface area contributed by atoms with Gasteiger partial charge in [-0.05, 0) is 63.1 Å². The summed E-state index contributed by atoms with van der Waals surface area (Å²) in [5.74, 6) is 0. The predicted octanol–water partition coefficient (Wildman–Crippen LogP) is 3.24. The Morgan fingerprint density at radius 3 is 2.94 bits per heavy atom. The van der Waals surface area contributed by atoms with Crippen LogP contribution in [0.5, 0.6) is 0 Å². The molecule has 1 saturated heterocycles. The normalized spacial score (nSPS) is 23.9. The Morgan fingerprint density at radius 1 is 1.33 bits per heavy atom. The Morgan fingerprint density at radius 2 is 2.28 bits per heavy atom. The van der Waals surface area contributed by atoms with E-state index in [4.69, 9.17) is 0 Å². The van der Waals surface area contributed by atoms with E-state index in [1.807, 2.05) is 11.3 Å². The molecule has 2 aliphatic rings. The van der Waals surface area contributed by atoms with Crippen LogP contribution in [0.25, 0.3) is 0 Å². The highest BCUT2D eigenvalue weighted by Crippen LogP contribution is 2.29. The smallest absolute Gasteiger partial charge is 0.0330 e. The van der Waals surface area contributed by atoms with Gasteiger partial charge in [0.15, 0.2) is 0 Å². The fourth-order valence-corrected chi connectivity index (χ4v) is 3.71. The molecule has 0 bridgehead atoms. The summed E-state index contributed by atoms with van der Waals surface area (Å²) in [6.45, 7) is 3.72. The molecule has 1 N–H and O–H groups in total. The zero-order chi connectivity index (χ0) is 12.2. The highest BCUT2D eigenvalue weighted by Gasteiger charge is 2.28. The largest absolute Gasteiger partial charge is 0.314 e. The standard InChI is InChI=1S/C15H24N2S/c1-4-13(16-9-1)5-2-10-17(14-7-8-14)12-15-6-3-11-18-15/h3,6,11,13-14,16H,1-2,4-5,7-10,12H2. The third kappa shape index (κ3) is 3.56. The summed E-state index contributed by atoms with van der Waals surface area (Å²) < 4.78 is 0. The molecule has 0 amide bonds. The average molecular weight is 264 g/mol. The van der Waals surface area contributed by atoms with E-state index in [-0.39, 0.29) is 0 Å². The van der Waals surface area contributed by atoms with Gasteiger partial charge in [0.1, 0.15) is 0 Å². The maximum absolute atomic E-state index is 3.60. The first kappa shape index (κ1) is 12.6. The van der Waals surface area contributed by atoms with Gasteiger partial charge >= 0.3 is 0 Å². The average Bonchev–Trinajstić information content (AvgIpc) is 2.89. The first-order chi connectivity index (χ1) is 8.92. The molecule has 3 heteroatoms. The van der Waals surface area contributed by atoms with Crippen LogP contribution in [0.15, 0.2) is 17.5 Å². The number of thiophene rings is 1. The Bertz CT molecular complexity index is 339. The zero-order valence-electron chi connectivity index (χ0n) is 11.1. The Hall–Kier alpha value is -0.380. The van der Waals surface area contributed by atoms with Crippen molar-refractivity contribution in [3.8, 4) is 0 Å². The second-order valence-electron chi connectivity index (χ2n) is 5.72. The molecule has 0 aromatic carbocycles. The van der Waals surface area contributed by atoms with E-state index >= 15 is 0 Å². The molecular formula is C15H24N2S. The molecule has 1 saturated carbocycles. The second kappa shape index (κ2) is 6.18. The van der Waals surface area contributed by atoms with Crippen LogP contribution in [-0.4, -0.2) is 30.1 Å². The van der Waals surface area contributed by atoms with Crippen molar-refractivity contribution in [2.75, 3.05) is 13.1 Å². The number of nitrogens with zero attached hydrogens (tertiary/aromatic N) is 1. The fourth-order valence-electron chi connectivity index (χ4n) is 2.98. The highest BCUT2D eigenvalue weighted by atomic mass is 32.1. The molecule has 1 aliphatic carbocycles. The summed E-state index contributed by atoms with van der Waals surface area (Å²) in [4.78, 5) is 4.24. The lowest BCUT2D eigenvalue weighted by atomic mass is 10.1. The lowest BCUT2D eigenvalue weighted by Crippen LogP contribution is -2.28. The van der Waals surface area contributed by atoms with Crippen LogP contribution in [0.4, 0.5) is 0 Å². The van der Waals surface area contributed by atoms with Crippen LogP contribution in [0.3, 0.4) is 0 Å². The minimum atomic E-state index is 0.813. The molecular weight excluding hydrogens is 240 g/mol. The van der Waals surface area contributed by atoms with Gasteiger partial charge < -0.3 is 5.32 Å². The molecule has 1 unspecified atom stereocenters. The molecule has 2 heterocycles. The van der Waals surface area contributed by atoms with Crippen LogP contribution < -0.4 is 5.32 Å². The van der Waals surface area contributed by atoms with Gasteiger partial charge in [-0.3, -0.25) is 4.90 Å². The predicted molar refractivity (Wildman–Crippen MR) is 78.0 cm³/mol. The van der Waals surface area contributed by atoms with Crippen LogP contribution in [0, 0.1) is 0 Å². The summed E-state index contributed by atoms with van der Waals surface area (Å²) in [6.07, 6.45) is 8.36. The van der Waals surface area contributed by atoms with Gasteiger partial charge in [0.2, 0.25) is 0 Å². The zero-order valence-corrected chi connectivity index (χ0v) is 11.9. The van der Waals surface area contributed by atoms with Gasteiger partial charge in [-0.2, -0.15) is 0 Å². The number of hydrogen-bond donors (Lipinski definition) is 1. The first-order valence-electron chi connectivity index (χ1n) is 7.41. The van der Waals surface area contributed by atoms with Crippen LogP contribution in [0.1, 0.15) is 43.4 Å².